The van der Waals surface area contributed by atoms with Crippen LogP contribution in [0.5, 0.6) is 0 Å². The van der Waals surface area contributed by atoms with Crippen molar-refractivity contribution in [2.75, 3.05) is 0 Å². The number of aryl methyl sites for hydroxylation is 3. The van der Waals surface area contributed by atoms with Crippen molar-refractivity contribution < 1.29 is 4.79 Å². The first-order valence-corrected chi connectivity index (χ1v) is 6.98. The number of carbonyl (C=O) groups excluding carboxylic acids is 1. The molecule has 17 heavy (non-hydrogen) atoms. The maximum absolute atomic E-state index is 12.4. The fraction of sp³-hybridized carbons (Fsp3) is 0.214. The molecule has 0 N–H and O–H groups in total. The third-order valence-corrected chi connectivity index (χ3v) is 4.46. The molecular formula is C14H13BrOS. The van der Waals surface area contributed by atoms with E-state index in [1.807, 2.05) is 39.0 Å². The minimum absolute atomic E-state index is 0.108. The Morgan fingerprint density at radius 3 is 2.47 bits per heavy atom. The van der Waals surface area contributed by atoms with Crippen molar-refractivity contribution in [3.8, 4) is 0 Å². The van der Waals surface area contributed by atoms with Crippen LogP contribution in [0.1, 0.15) is 31.2 Å². The normalized spacial score (nSPS) is 10.6. The van der Waals surface area contributed by atoms with Gasteiger partial charge in [-0.25, -0.2) is 0 Å². The van der Waals surface area contributed by atoms with Gasteiger partial charge in [0.2, 0.25) is 5.78 Å². The van der Waals surface area contributed by atoms with Crippen molar-refractivity contribution in [3.63, 3.8) is 0 Å². The molecule has 3 heteroatoms. The Morgan fingerprint density at radius 1 is 1.18 bits per heavy atom. The van der Waals surface area contributed by atoms with Crippen LogP contribution < -0.4 is 0 Å². The topological polar surface area (TPSA) is 17.1 Å². The van der Waals surface area contributed by atoms with Gasteiger partial charge in [0.15, 0.2) is 0 Å². The molecule has 0 aliphatic heterocycles. The van der Waals surface area contributed by atoms with Crippen molar-refractivity contribution in [3.05, 3.63) is 55.2 Å². The Hall–Kier alpha value is -0.930. The Labute approximate surface area is 114 Å². The van der Waals surface area contributed by atoms with Gasteiger partial charge in [0.25, 0.3) is 0 Å². The molecule has 88 valence electrons. The molecule has 0 fully saturated rings. The fourth-order valence-electron chi connectivity index (χ4n) is 1.80. The second-order valence-corrected chi connectivity index (χ2v) is 6.29. The third-order valence-electron chi connectivity index (χ3n) is 2.61. The van der Waals surface area contributed by atoms with Crippen molar-refractivity contribution in [1.82, 2.24) is 0 Å². The Kier molecular flexibility index (Phi) is 3.50. The number of thiophene rings is 1. The molecule has 0 spiro atoms. The summed E-state index contributed by atoms with van der Waals surface area (Å²) in [6.45, 7) is 6.01. The first-order chi connectivity index (χ1) is 7.99. The molecule has 0 radical (unpaired) electrons. The molecule has 0 atom stereocenters. The van der Waals surface area contributed by atoms with Crippen molar-refractivity contribution in [2.45, 2.75) is 20.8 Å². The van der Waals surface area contributed by atoms with Gasteiger partial charge >= 0.3 is 0 Å². The van der Waals surface area contributed by atoms with Gasteiger partial charge in [-0.15, -0.1) is 11.3 Å². The average Bonchev–Trinajstić information content (AvgIpc) is 2.60. The molecule has 1 nitrogen and oxygen atoms in total. The van der Waals surface area contributed by atoms with Crippen LogP contribution >= 0.6 is 27.3 Å². The number of benzene rings is 1. The van der Waals surface area contributed by atoms with Gasteiger partial charge in [-0.1, -0.05) is 27.6 Å². The molecule has 0 saturated heterocycles. The molecule has 0 aliphatic rings. The van der Waals surface area contributed by atoms with Gasteiger partial charge in [0.1, 0.15) is 0 Å². The maximum Gasteiger partial charge on any atom is 0.204 e. The van der Waals surface area contributed by atoms with Crippen LogP contribution in [0.4, 0.5) is 0 Å². The van der Waals surface area contributed by atoms with E-state index in [4.69, 9.17) is 0 Å². The predicted octanol–water partition coefficient (Wildman–Crippen LogP) is 4.67. The minimum atomic E-state index is 0.108. The zero-order chi connectivity index (χ0) is 12.6. The van der Waals surface area contributed by atoms with Crippen LogP contribution in [0.2, 0.25) is 0 Å². The molecule has 1 aromatic heterocycles. The lowest BCUT2D eigenvalue weighted by molar-refractivity contribution is 0.104. The highest BCUT2D eigenvalue weighted by Gasteiger charge is 2.17. The van der Waals surface area contributed by atoms with Crippen molar-refractivity contribution in [1.29, 1.82) is 0 Å². The monoisotopic (exact) mass is 308 g/mol. The van der Waals surface area contributed by atoms with Crippen LogP contribution in [0.15, 0.2) is 28.7 Å². The predicted molar refractivity (Wildman–Crippen MR) is 76.1 cm³/mol. The molecule has 0 unspecified atom stereocenters. The van der Waals surface area contributed by atoms with E-state index in [0.29, 0.717) is 0 Å². The summed E-state index contributed by atoms with van der Waals surface area (Å²) in [5, 5.41) is 0. The van der Waals surface area contributed by atoms with Crippen LogP contribution in [0.25, 0.3) is 0 Å². The molecule has 0 aliphatic carbocycles. The molecule has 0 amide bonds. The highest BCUT2D eigenvalue weighted by Crippen LogP contribution is 2.27. The SMILES string of the molecule is Cc1ccc(Br)c(C(=O)c2sc(C)cc2C)c1. The van der Waals surface area contributed by atoms with Gasteiger partial charge in [-0.2, -0.15) is 0 Å². The summed E-state index contributed by atoms with van der Waals surface area (Å²) < 4.78 is 0.860. The number of ketones is 1. The van der Waals surface area contributed by atoms with Gasteiger partial charge in [-0.05, 0) is 44.5 Å². The van der Waals surface area contributed by atoms with Crippen LogP contribution in [0.3, 0.4) is 0 Å². The summed E-state index contributed by atoms with van der Waals surface area (Å²) in [4.78, 5) is 14.5. The zero-order valence-electron chi connectivity index (χ0n) is 10.0. The summed E-state index contributed by atoms with van der Waals surface area (Å²) in [6, 6.07) is 7.91. The Morgan fingerprint density at radius 2 is 1.88 bits per heavy atom. The molecule has 2 aromatic rings. The minimum Gasteiger partial charge on any atom is -0.288 e. The van der Waals surface area contributed by atoms with E-state index >= 15 is 0 Å². The van der Waals surface area contributed by atoms with E-state index in [0.717, 1.165) is 26.0 Å². The molecule has 0 bridgehead atoms. The summed E-state index contributed by atoms with van der Waals surface area (Å²) in [6.07, 6.45) is 0. The summed E-state index contributed by atoms with van der Waals surface area (Å²) in [5.74, 6) is 0.108. The smallest absolute Gasteiger partial charge is 0.204 e. The van der Waals surface area contributed by atoms with Gasteiger partial charge in [0.05, 0.1) is 4.88 Å². The lowest BCUT2D eigenvalue weighted by Crippen LogP contribution is -2.02. The fourth-order valence-corrected chi connectivity index (χ4v) is 3.21. The largest absolute Gasteiger partial charge is 0.288 e. The molecule has 0 saturated carbocycles. The molecule has 1 aromatic carbocycles. The van der Waals surface area contributed by atoms with E-state index < -0.39 is 0 Å². The van der Waals surface area contributed by atoms with E-state index in [9.17, 15) is 4.79 Å². The van der Waals surface area contributed by atoms with E-state index in [1.165, 1.54) is 4.88 Å². The third kappa shape index (κ3) is 2.50. The summed E-state index contributed by atoms with van der Waals surface area (Å²) in [5.41, 5.74) is 2.91. The summed E-state index contributed by atoms with van der Waals surface area (Å²) >= 11 is 5.00. The number of rotatable bonds is 2. The second-order valence-electron chi connectivity index (χ2n) is 4.18. The van der Waals surface area contributed by atoms with E-state index in [-0.39, 0.29) is 5.78 Å². The molecule has 1 heterocycles. The first-order valence-electron chi connectivity index (χ1n) is 5.37. The van der Waals surface area contributed by atoms with Crippen LogP contribution in [-0.4, -0.2) is 5.78 Å². The summed E-state index contributed by atoms with van der Waals surface area (Å²) in [7, 11) is 0. The highest BCUT2D eigenvalue weighted by atomic mass is 79.9. The standard InChI is InChI=1S/C14H13BrOS/c1-8-4-5-12(15)11(6-8)13(16)14-9(2)7-10(3)17-14/h4-7H,1-3H3. The zero-order valence-corrected chi connectivity index (χ0v) is 12.4. The van der Waals surface area contributed by atoms with Crippen molar-refractivity contribution >= 4 is 33.0 Å². The Balaban J connectivity index is 2.50. The van der Waals surface area contributed by atoms with Gasteiger partial charge in [-0.3, -0.25) is 4.79 Å². The molecular weight excluding hydrogens is 296 g/mol. The lowest BCUT2D eigenvalue weighted by Gasteiger charge is -2.04. The number of hydrogen-bond acceptors (Lipinski definition) is 2. The van der Waals surface area contributed by atoms with Gasteiger partial charge < -0.3 is 0 Å². The highest BCUT2D eigenvalue weighted by molar-refractivity contribution is 9.10. The van der Waals surface area contributed by atoms with Gasteiger partial charge in [0, 0.05) is 14.9 Å². The number of hydrogen-bond donors (Lipinski definition) is 0. The number of halogens is 1. The van der Waals surface area contributed by atoms with E-state index in [1.54, 1.807) is 11.3 Å². The maximum atomic E-state index is 12.4. The molecule has 2 rings (SSSR count). The number of carbonyl (C=O) groups is 1. The Bertz CT molecular complexity index is 584. The average molecular weight is 309 g/mol. The first kappa shape index (κ1) is 12.5. The van der Waals surface area contributed by atoms with Crippen LogP contribution in [-0.2, 0) is 0 Å². The quantitative estimate of drug-likeness (QED) is 0.737. The van der Waals surface area contributed by atoms with Crippen LogP contribution in [0, 0.1) is 20.8 Å². The second kappa shape index (κ2) is 4.75. The van der Waals surface area contributed by atoms with Crippen molar-refractivity contribution in [2.24, 2.45) is 0 Å². The lowest BCUT2D eigenvalue weighted by atomic mass is 10.1. The van der Waals surface area contributed by atoms with E-state index in [2.05, 4.69) is 22.0 Å².